The van der Waals surface area contributed by atoms with Gasteiger partial charge in [-0.05, 0) is 77.9 Å². The summed E-state index contributed by atoms with van der Waals surface area (Å²) in [6.07, 6.45) is 2.41. The molecule has 1 aliphatic carbocycles. The molecule has 8 nitrogen and oxygen atoms in total. The summed E-state index contributed by atoms with van der Waals surface area (Å²) in [6, 6.07) is 28.4. The topological polar surface area (TPSA) is 105 Å². The summed E-state index contributed by atoms with van der Waals surface area (Å²) in [4.78, 5) is 29.6. The number of sulfonamides is 1. The van der Waals surface area contributed by atoms with Crippen LogP contribution in [-0.2, 0) is 45.5 Å². The molecule has 0 radical (unpaired) electrons. The number of aryl methyl sites for hydroxylation is 1. The molecule has 2 amide bonds. The van der Waals surface area contributed by atoms with Gasteiger partial charge in [-0.2, -0.15) is 0 Å². The third-order valence-corrected chi connectivity index (χ3v) is 9.46. The summed E-state index contributed by atoms with van der Waals surface area (Å²) in [7, 11) is -1.99. The summed E-state index contributed by atoms with van der Waals surface area (Å²) in [5.41, 5.74) is 3.25. The molecule has 4 aromatic carbocycles. The molecule has 0 spiro atoms. The van der Waals surface area contributed by atoms with E-state index >= 15 is 0 Å². The number of methoxy groups -OCH3 is 1. The number of ether oxygens (including phenoxy) is 1. The van der Waals surface area contributed by atoms with Gasteiger partial charge < -0.3 is 15.0 Å². The van der Waals surface area contributed by atoms with E-state index in [4.69, 9.17) is 4.74 Å². The fourth-order valence-corrected chi connectivity index (χ4v) is 6.41. The first-order valence-corrected chi connectivity index (χ1v) is 16.8. The van der Waals surface area contributed by atoms with E-state index < -0.39 is 21.9 Å². The van der Waals surface area contributed by atoms with Crippen molar-refractivity contribution < 1.29 is 27.1 Å². The number of amides is 2. The summed E-state index contributed by atoms with van der Waals surface area (Å²) >= 11 is 0. The second-order valence-electron chi connectivity index (χ2n) is 11.5. The van der Waals surface area contributed by atoms with Crippen molar-refractivity contribution in [1.29, 1.82) is 0 Å². The molecule has 0 aromatic heterocycles. The van der Waals surface area contributed by atoms with E-state index in [1.54, 1.807) is 48.4 Å². The Kier molecular flexibility index (Phi) is 10.8. The molecular formula is C36H38FN3O5S. The number of carbonyl (C=O) groups excluding carboxylic acids is 2. The smallest absolute Gasteiger partial charge is 0.243 e. The van der Waals surface area contributed by atoms with Crippen molar-refractivity contribution in [3.05, 3.63) is 131 Å². The lowest BCUT2D eigenvalue weighted by molar-refractivity contribution is -0.141. The number of rotatable bonds is 15. The van der Waals surface area contributed by atoms with E-state index in [1.165, 1.54) is 12.1 Å². The Labute approximate surface area is 269 Å². The maximum absolute atomic E-state index is 14.0. The van der Waals surface area contributed by atoms with Crippen LogP contribution in [0.25, 0.3) is 0 Å². The molecule has 1 aliphatic rings. The van der Waals surface area contributed by atoms with E-state index in [9.17, 15) is 22.4 Å². The van der Waals surface area contributed by atoms with Gasteiger partial charge in [-0.15, -0.1) is 0 Å². The van der Waals surface area contributed by atoms with Gasteiger partial charge >= 0.3 is 0 Å². The van der Waals surface area contributed by atoms with Gasteiger partial charge in [-0.3, -0.25) is 9.59 Å². The van der Waals surface area contributed by atoms with Gasteiger partial charge in [0.05, 0.1) is 12.0 Å². The average Bonchev–Trinajstić information content (AvgIpc) is 3.89. The molecular weight excluding hydrogens is 605 g/mol. The summed E-state index contributed by atoms with van der Waals surface area (Å²) in [5.74, 6) is -0.249. The highest BCUT2D eigenvalue weighted by atomic mass is 32.2. The molecule has 46 heavy (non-hydrogen) atoms. The number of nitrogens with zero attached hydrogens (tertiary/aromatic N) is 1. The van der Waals surface area contributed by atoms with Crippen LogP contribution in [0.5, 0.6) is 5.75 Å². The number of carbonyl (C=O) groups is 2. The predicted octanol–water partition coefficient (Wildman–Crippen LogP) is 5.16. The van der Waals surface area contributed by atoms with Gasteiger partial charge in [0.2, 0.25) is 21.8 Å². The van der Waals surface area contributed by atoms with Crippen LogP contribution in [0.2, 0.25) is 0 Å². The monoisotopic (exact) mass is 643 g/mol. The zero-order chi connectivity index (χ0) is 32.5. The van der Waals surface area contributed by atoms with Gasteiger partial charge in [0.15, 0.2) is 0 Å². The van der Waals surface area contributed by atoms with Crippen LogP contribution in [0.15, 0.2) is 108 Å². The zero-order valence-corrected chi connectivity index (χ0v) is 26.5. The van der Waals surface area contributed by atoms with Gasteiger partial charge in [-0.1, -0.05) is 66.7 Å². The van der Waals surface area contributed by atoms with E-state index in [-0.39, 0.29) is 48.7 Å². The molecule has 0 saturated heterocycles. The van der Waals surface area contributed by atoms with Crippen molar-refractivity contribution in [2.45, 2.75) is 62.2 Å². The minimum Gasteiger partial charge on any atom is -0.497 e. The Hall–Kier alpha value is -4.54. The van der Waals surface area contributed by atoms with Crippen LogP contribution in [0.3, 0.4) is 0 Å². The maximum Gasteiger partial charge on any atom is 0.243 e. The van der Waals surface area contributed by atoms with E-state index in [0.29, 0.717) is 17.7 Å². The molecule has 1 fully saturated rings. The lowest BCUT2D eigenvalue weighted by atomic mass is 10.0. The van der Waals surface area contributed by atoms with Gasteiger partial charge in [0, 0.05) is 32.0 Å². The second kappa shape index (κ2) is 15.2. The Bertz CT molecular complexity index is 1710. The Morgan fingerprint density at radius 2 is 1.48 bits per heavy atom. The molecule has 10 heteroatoms. The average molecular weight is 644 g/mol. The molecule has 240 valence electrons. The first-order chi connectivity index (χ1) is 22.2. The fourth-order valence-electron chi connectivity index (χ4n) is 5.11. The van der Waals surface area contributed by atoms with Crippen LogP contribution in [0.4, 0.5) is 4.39 Å². The SMILES string of the molecule is COc1ccc(CNC(=O)[C@H](Cc2ccccc2)N(Cc2ccc(F)cc2)C(=O)CCc2ccc(S(=O)(=O)NC3CC3)cc2)cc1. The molecule has 0 heterocycles. The molecule has 1 atom stereocenters. The van der Waals surface area contributed by atoms with Crippen molar-refractivity contribution in [1.82, 2.24) is 14.9 Å². The van der Waals surface area contributed by atoms with Crippen molar-refractivity contribution in [2.75, 3.05) is 7.11 Å². The molecule has 0 aliphatic heterocycles. The maximum atomic E-state index is 14.0. The Morgan fingerprint density at radius 3 is 2.11 bits per heavy atom. The quantitative estimate of drug-likeness (QED) is 0.186. The van der Waals surface area contributed by atoms with Crippen molar-refractivity contribution in [3.8, 4) is 5.75 Å². The fraction of sp³-hybridized carbons (Fsp3) is 0.278. The van der Waals surface area contributed by atoms with Crippen LogP contribution in [0.1, 0.15) is 41.5 Å². The molecule has 1 saturated carbocycles. The van der Waals surface area contributed by atoms with Crippen LogP contribution in [-0.4, -0.2) is 44.3 Å². The van der Waals surface area contributed by atoms with E-state index in [1.807, 2.05) is 54.6 Å². The molecule has 2 N–H and O–H groups in total. The summed E-state index contributed by atoms with van der Waals surface area (Å²) in [5, 5.41) is 3.00. The van der Waals surface area contributed by atoms with Crippen molar-refractivity contribution in [3.63, 3.8) is 0 Å². The van der Waals surface area contributed by atoms with E-state index in [0.717, 1.165) is 29.5 Å². The highest BCUT2D eigenvalue weighted by molar-refractivity contribution is 7.89. The number of benzene rings is 4. The molecule has 0 bridgehead atoms. The van der Waals surface area contributed by atoms with Crippen LogP contribution >= 0.6 is 0 Å². The first-order valence-electron chi connectivity index (χ1n) is 15.3. The van der Waals surface area contributed by atoms with Gasteiger partial charge in [-0.25, -0.2) is 17.5 Å². The van der Waals surface area contributed by atoms with Gasteiger partial charge in [0.1, 0.15) is 17.6 Å². The van der Waals surface area contributed by atoms with Crippen LogP contribution < -0.4 is 14.8 Å². The third-order valence-electron chi connectivity index (χ3n) is 7.92. The molecule has 4 aromatic rings. The second-order valence-corrected chi connectivity index (χ2v) is 13.2. The van der Waals surface area contributed by atoms with Crippen LogP contribution in [0, 0.1) is 5.82 Å². The summed E-state index contributed by atoms with van der Waals surface area (Å²) < 4.78 is 46.8. The summed E-state index contributed by atoms with van der Waals surface area (Å²) in [6.45, 7) is 0.369. The molecule has 0 unspecified atom stereocenters. The Balaban J connectivity index is 1.35. The lowest BCUT2D eigenvalue weighted by Gasteiger charge is -2.32. The Morgan fingerprint density at radius 1 is 0.848 bits per heavy atom. The highest BCUT2D eigenvalue weighted by Gasteiger charge is 2.31. The normalized spacial score (nSPS) is 13.5. The standard InChI is InChI=1S/C36H38FN3O5S/c1-45-32-18-9-28(10-19-32)24-38-36(42)34(23-27-5-3-2-4-6-27)40(25-29-7-14-30(37)15-8-29)35(41)22-13-26-11-20-33(21-12-26)46(43,44)39-31-16-17-31/h2-12,14-15,18-21,31,34,39H,13,16-17,22-25H2,1H3,(H,38,42)/t34-/m0/s1. The zero-order valence-electron chi connectivity index (χ0n) is 25.7. The number of halogens is 1. The minimum atomic E-state index is -3.58. The highest BCUT2D eigenvalue weighted by Crippen LogP contribution is 2.23. The third kappa shape index (κ3) is 9.24. The number of nitrogens with one attached hydrogen (secondary N) is 2. The number of hydrogen-bond acceptors (Lipinski definition) is 5. The van der Waals surface area contributed by atoms with E-state index in [2.05, 4.69) is 10.0 Å². The van der Waals surface area contributed by atoms with Crippen molar-refractivity contribution >= 4 is 21.8 Å². The van der Waals surface area contributed by atoms with Crippen molar-refractivity contribution in [2.24, 2.45) is 0 Å². The lowest BCUT2D eigenvalue weighted by Crippen LogP contribution is -2.50. The first kappa shape index (κ1) is 32.8. The minimum absolute atomic E-state index is 0.00614. The van der Waals surface area contributed by atoms with Gasteiger partial charge in [0.25, 0.3) is 0 Å². The number of hydrogen-bond donors (Lipinski definition) is 2. The largest absolute Gasteiger partial charge is 0.497 e. The predicted molar refractivity (Wildman–Crippen MR) is 174 cm³/mol. The molecule has 5 rings (SSSR count).